The third-order valence-electron chi connectivity index (χ3n) is 6.15. The summed E-state index contributed by atoms with van der Waals surface area (Å²) in [4.78, 5) is 42.2. The first kappa shape index (κ1) is 31.2. The Hall–Kier alpha value is -3.00. The molecule has 2 atom stereocenters. The van der Waals surface area contributed by atoms with Gasteiger partial charge in [0.25, 0.3) is 5.91 Å². The molecule has 0 aliphatic rings. The summed E-state index contributed by atoms with van der Waals surface area (Å²) in [6.45, 7) is 13.5. The quantitative estimate of drug-likeness (QED) is 0.236. The molecule has 0 saturated heterocycles. The molecule has 38 heavy (non-hydrogen) atoms. The lowest BCUT2D eigenvalue weighted by Gasteiger charge is -2.35. The first-order valence-electron chi connectivity index (χ1n) is 13.2. The van der Waals surface area contributed by atoms with Crippen LogP contribution in [0.2, 0.25) is 0 Å². The number of carbonyl (C=O) groups excluding carboxylic acids is 3. The highest BCUT2D eigenvalue weighted by Gasteiger charge is 2.36. The van der Waals surface area contributed by atoms with E-state index in [2.05, 4.69) is 30.2 Å². The number of anilines is 1. The van der Waals surface area contributed by atoms with Crippen LogP contribution in [-0.4, -0.2) is 46.7 Å². The van der Waals surface area contributed by atoms with Crippen LogP contribution in [0.5, 0.6) is 0 Å². The lowest BCUT2D eigenvalue weighted by molar-refractivity contribution is -0.140. The molecule has 2 N–H and O–H groups in total. The van der Waals surface area contributed by atoms with E-state index >= 15 is 0 Å². The van der Waals surface area contributed by atoms with E-state index in [9.17, 15) is 14.4 Å². The van der Waals surface area contributed by atoms with Crippen LogP contribution in [0.1, 0.15) is 75.3 Å². The van der Waals surface area contributed by atoms with Gasteiger partial charge in [-0.2, -0.15) is 12.6 Å². The van der Waals surface area contributed by atoms with Crippen molar-refractivity contribution in [3.05, 3.63) is 64.7 Å². The van der Waals surface area contributed by atoms with Crippen molar-refractivity contribution < 1.29 is 19.1 Å². The summed E-state index contributed by atoms with van der Waals surface area (Å²) in [5.41, 5.74) is 3.52. The fourth-order valence-electron chi connectivity index (χ4n) is 4.15. The minimum Gasteiger partial charge on any atom is -0.444 e. The maximum atomic E-state index is 14.0. The number of nitrogens with zero attached hydrogens (tertiary/aromatic N) is 1. The molecule has 3 amide bonds. The van der Waals surface area contributed by atoms with Crippen molar-refractivity contribution >= 4 is 36.2 Å². The summed E-state index contributed by atoms with van der Waals surface area (Å²) < 4.78 is 5.38. The molecule has 7 nitrogen and oxygen atoms in total. The molecule has 2 aromatic carbocycles. The van der Waals surface area contributed by atoms with Gasteiger partial charge in [0.1, 0.15) is 17.7 Å². The van der Waals surface area contributed by atoms with E-state index in [1.165, 1.54) is 0 Å². The second-order valence-electron chi connectivity index (χ2n) is 10.7. The zero-order valence-electron chi connectivity index (χ0n) is 23.8. The zero-order chi connectivity index (χ0) is 28.5. The van der Waals surface area contributed by atoms with Crippen LogP contribution in [-0.2, 0) is 14.3 Å². The maximum absolute atomic E-state index is 14.0. The van der Waals surface area contributed by atoms with E-state index in [1.807, 2.05) is 63.2 Å². The Morgan fingerprint density at radius 1 is 1.00 bits per heavy atom. The molecule has 8 heteroatoms. The van der Waals surface area contributed by atoms with Gasteiger partial charge in [0.05, 0.1) is 0 Å². The Kier molecular flexibility index (Phi) is 11.7. The third-order valence-corrected chi connectivity index (χ3v) is 6.51. The number of rotatable bonds is 11. The maximum Gasteiger partial charge on any atom is 0.408 e. The minimum absolute atomic E-state index is 0.0568. The SMILES string of the molecule is CCCCCN(C(=O)C(CS)NC(=O)OC(C)(C)C)C(C(=O)Nc1ccccc1C)c1cc(C)ccc1C. The summed E-state index contributed by atoms with van der Waals surface area (Å²) in [5, 5.41) is 5.71. The highest BCUT2D eigenvalue weighted by Crippen LogP contribution is 2.29. The summed E-state index contributed by atoms with van der Waals surface area (Å²) in [6.07, 6.45) is 1.87. The third kappa shape index (κ3) is 9.08. The number of aryl methyl sites for hydroxylation is 3. The van der Waals surface area contributed by atoms with Gasteiger partial charge < -0.3 is 20.3 Å². The van der Waals surface area contributed by atoms with Crippen molar-refractivity contribution in [2.75, 3.05) is 17.6 Å². The first-order valence-corrected chi connectivity index (χ1v) is 13.9. The van der Waals surface area contributed by atoms with Gasteiger partial charge >= 0.3 is 6.09 Å². The van der Waals surface area contributed by atoms with E-state index in [0.717, 1.165) is 35.1 Å². The number of alkyl carbamates (subject to hydrolysis) is 1. The molecular weight excluding hydrogens is 498 g/mol. The molecule has 208 valence electrons. The molecule has 0 bridgehead atoms. The fourth-order valence-corrected chi connectivity index (χ4v) is 4.40. The number of amides is 3. The van der Waals surface area contributed by atoms with E-state index in [1.54, 1.807) is 25.7 Å². The van der Waals surface area contributed by atoms with Gasteiger partial charge in [-0.1, -0.05) is 61.7 Å². The van der Waals surface area contributed by atoms with Gasteiger partial charge in [-0.15, -0.1) is 0 Å². The number of hydrogen-bond donors (Lipinski definition) is 3. The van der Waals surface area contributed by atoms with Gasteiger partial charge in [-0.05, 0) is 70.7 Å². The predicted molar refractivity (Wildman–Crippen MR) is 157 cm³/mol. The zero-order valence-corrected chi connectivity index (χ0v) is 24.7. The number of unbranched alkanes of at least 4 members (excludes halogenated alkanes) is 2. The first-order chi connectivity index (χ1) is 17.9. The number of thiol groups is 1. The van der Waals surface area contributed by atoms with Crippen LogP contribution in [0.3, 0.4) is 0 Å². The average molecular weight is 542 g/mol. The van der Waals surface area contributed by atoms with E-state index in [0.29, 0.717) is 18.7 Å². The van der Waals surface area contributed by atoms with Crippen LogP contribution < -0.4 is 10.6 Å². The van der Waals surface area contributed by atoms with E-state index < -0.39 is 23.8 Å². The molecule has 0 aliphatic heterocycles. The Balaban J connectivity index is 2.54. The molecule has 0 spiro atoms. The number of benzene rings is 2. The van der Waals surface area contributed by atoms with Crippen molar-refractivity contribution in [1.82, 2.24) is 10.2 Å². The second kappa shape index (κ2) is 14.2. The second-order valence-corrected chi connectivity index (χ2v) is 11.1. The van der Waals surface area contributed by atoms with Crippen molar-refractivity contribution in [1.29, 1.82) is 0 Å². The number of carbonyl (C=O) groups is 3. The number of para-hydroxylation sites is 1. The van der Waals surface area contributed by atoms with Gasteiger partial charge in [0.2, 0.25) is 5.91 Å². The molecule has 0 radical (unpaired) electrons. The number of ether oxygens (including phenoxy) is 1. The van der Waals surface area contributed by atoms with Gasteiger partial charge in [0, 0.05) is 18.0 Å². The summed E-state index contributed by atoms with van der Waals surface area (Å²) in [5.74, 6) is -0.637. The molecule has 0 fully saturated rings. The van der Waals surface area contributed by atoms with Crippen molar-refractivity contribution in [3.8, 4) is 0 Å². The van der Waals surface area contributed by atoms with Crippen molar-refractivity contribution in [2.45, 2.75) is 85.4 Å². The topological polar surface area (TPSA) is 87.7 Å². The van der Waals surface area contributed by atoms with Gasteiger partial charge in [-0.3, -0.25) is 9.59 Å². The summed E-state index contributed by atoms with van der Waals surface area (Å²) in [6, 6.07) is 11.6. The Bertz CT molecular complexity index is 1110. The van der Waals surface area contributed by atoms with Crippen molar-refractivity contribution in [3.63, 3.8) is 0 Å². The molecule has 2 unspecified atom stereocenters. The monoisotopic (exact) mass is 541 g/mol. The summed E-state index contributed by atoms with van der Waals surface area (Å²) in [7, 11) is 0. The average Bonchev–Trinajstić information content (AvgIpc) is 2.84. The molecule has 2 aromatic rings. The number of hydrogen-bond acceptors (Lipinski definition) is 5. The lowest BCUT2D eigenvalue weighted by atomic mass is 9.95. The van der Waals surface area contributed by atoms with Gasteiger partial charge in [-0.25, -0.2) is 4.79 Å². The highest BCUT2D eigenvalue weighted by molar-refractivity contribution is 7.80. The smallest absolute Gasteiger partial charge is 0.408 e. The van der Waals surface area contributed by atoms with Crippen LogP contribution in [0, 0.1) is 20.8 Å². The Labute approximate surface area is 233 Å². The molecule has 0 aromatic heterocycles. The Morgan fingerprint density at radius 2 is 1.68 bits per heavy atom. The summed E-state index contributed by atoms with van der Waals surface area (Å²) >= 11 is 4.36. The van der Waals surface area contributed by atoms with Gasteiger partial charge in [0.15, 0.2) is 0 Å². The molecule has 0 aliphatic carbocycles. The largest absolute Gasteiger partial charge is 0.444 e. The fraction of sp³-hybridized carbons (Fsp3) is 0.500. The molecule has 2 rings (SSSR count). The predicted octanol–water partition coefficient (Wildman–Crippen LogP) is 6.13. The standard InChI is InChI=1S/C30H43N3O4S/c1-8-9-12-17-33(28(35)25(19-38)32-29(36)37-30(5,6)7)26(23-18-20(2)15-16-21(23)3)27(34)31-24-14-11-10-13-22(24)4/h10-11,13-16,18,25-26,38H,8-9,12,17,19H2,1-7H3,(H,31,34)(H,32,36). The van der Waals surface area contributed by atoms with Crippen LogP contribution in [0.15, 0.2) is 42.5 Å². The molecule has 0 heterocycles. The van der Waals surface area contributed by atoms with Crippen LogP contribution in [0.4, 0.5) is 10.5 Å². The minimum atomic E-state index is -0.964. The lowest BCUT2D eigenvalue weighted by Crippen LogP contribution is -2.53. The number of nitrogens with one attached hydrogen (secondary N) is 2. The van der Waals surface area contributed by atoms with E-state index in [4.69, 9.17) is 4.74 Å². The van der Waals surface area contributed by atoms with Crippen molar-refractivity contribution in [2.24, 2.45) is 0 Å². The highest BCUT2D eigenvalue weighted by atomic mass is 32.1. The van der Waals surface area contributed by atoms with Crippen LogP contribution >= 0.6 is 12.6 Å². The Morgan fingerprint density at radius 3 is 2.29 bits per heavy atom. The normalized spacial score (nSPS) is 12.8. The van der Waals surface area contributed by atoms with E-state index in [-0.39, 0.29) is 17.6 Å². The molecular formula is C30H43N3O4S. The molecule has 0 saturated carbocycles. The van der Waals surface area contributed by atoms with Crippen LogP contribution in [0.25, 0.3) is 0 Å².